The van der Waals surface area contributed by atoms with Crippen molar-refractivity contribution in [3.63, 3.8) is 0 Å². The maximum Gasteiger partial charge on any atom is 0.338 e. The zero-order valence-electron chi connectivity index (χ0n) is 18.2. The maximum absolute atomic E-state index is 13.0. The molecule has 2 heterocycles. The normalized spacial score (nSPS) is 15.8. The third-order valence-corrected chi connectivity index (χ3v) is 5.24. The minimum Gasteiger partial charge on any atom is -0.463 e. The third-order valence-electron chi connectivity index (χ3n) is 5.24. The summed E-state index contributed by atoms with van der Waals surface area (Å²) in [5.74, 6) is -0.691. The van der Waals surface area contributed by atoms with Crippen LogP contribution in [0.5, 0.6) is 0 Å². The predicted octanol–water partition coefficient (Wildman–Crippen LogP) is 4.20. The molecule has 0 spiro atoms. The molecule has 3 aromatic rings. The molecule has 1 unspecified atom stereocenters. The largest absolute Gasteiger partial charge is 0.463 e. The fourth-order valence-corrected chi connectivity index (χ4v) is 3.69. The Morgan fingerprint density at radius 2 is 1.79 bits per heavy atom. The molecule has 168 valence electrons. The summed E-state index contributed by atoms with van der Waals surface area (Å²) >= 11 is 0. The van der Waals surface area contributed by atoms with E-state index in [2.05, 4.69) is 10.6 Å². The molecule has 0 saturated heterocycles. The monoisotopic (exact) mass is 445 g/mol. The van der Waals surface area contributed by atoms with Gasteiger partial charge in [0.15, 0.2) is 5.76 Å². The van der Waals surface area contributed by atoms with Crippen molar-refractivity contribution in [2.45, 2.75) is 13.0 Å². The van der Waals surface area contributed by atoms with Crippen LogP contribution >= 0.6 is 0 Å². The molecule has 1 aliphatic heterocycles. The molecule has 0 aliphatic carbocycles. The molecule has 0 bridgehead atoms. The topological polar surface area (TPSA) is 101 Å². The second-order valence-electron chi connectivity index (χ2n) is 7.34. The van der Waals surface area contributed by atoms with Crippen LogP contribution in [0.1, 0.15) is 34.6 Å². The number of benzene rings is 2. The van der Waals surface area contributed by atoms with Crippen LogP contribution in [0.3, 0.4) is 0 Å². The molecule has 0 saturated carbocycles. The highest BCUT2D eigenvalue weighted by Gasteiger charge is 2.37. The van der Waals surface area contributed by atoms with Crippen LogP contribution in [0, 0.1) is 0 Å². The number of nitrogens with one attached hydrogen (secondary N) is 2. The van der Waals surface area contributed by atoms with Gasteiger partial charge in [0.1, 0.15) is 0 Å². The van der Waals surface area contributed by atoms with Crippen molar-refractivity contribution in [2.75, 3.05) is 19.0 Å². The van der Waals surface area contributed by atoms with Crippen LogP contribution in [0.4, 0.5) is 10.5 Å². The van der Waals surface area contributed by atoms with Crippen molar-refractivity contribution in [3.8, 4) is 0 Å². The van der Waals surface area contributed by atoms with E-state index in [-0.39, 0.29) is 24.3 Å². The maximum atomic E-state index is 13.0. The van der Waals surface area contributed by atoms with Crippen molar-refractivity contribution in [1.82, 2.24) is 10.2 Å². The van der Waals surface area contributed by atoms with Crippen molar-refractivity contribution in [3.05, 3.63) is 95.5 Å². The van der Waals surface area contributed by atoms with Gasteiger partial charge < -0.3 is 19.8 Å². The summed E-state index contributed by atoms with van der Waals surface area (Å²) in [7, 11) is 1.61. The lowest BCUT2D eigenvalue weighted by molar-refractivity contribution is -0.138. The number of furan rings is 1. The Morgan fingerprint density at radius 3 is 2.42 bits per heavy atom. The lowest BCUT2D eigenvalue weighted by Crippen LogP contribution is -2.46. The Balaban J connectivity index is 1.71. The average Bonchev–Trinajstić information content (AvgIpc) is 3.37. The molecule has 8 nitrogen and oxygen atoms in total. The summed E-state index contributed by atoms with van der Waals surface area (Å²) in [6, 6.07) is 18.3. The summed E-state index contributed by atoms with van der Waals surface area (Å²) < 4.78 is 10.4. The van der Waals surface area contributed by atoms with E-state index >= 15 is 0 Å². The summed E-state index contributed by atoms with van der Waals surface area (Å²) in [5.41, 5.74) is 2.76. The van der Waals surface area contributed by atoms with E-state index in [1.54, 1.807) is 50.4 Å². The Bertz CT molecular complexity index is 1180. The van der Waals surface area contributed by atoms with Gasteiger partial charge in [-0.15, -0.1) is 0 Å². The lowest BCUT2D eigenvalue weighted by atomic mass is 9.92. The highest BCUT2D eigenvalue weighted by atomic mass is 16.5. The third kappa shape index (κ3) is 4.50. The van der Waals surface area contributed by atoms with Gasteiger partial charge >= 0.3 is 12.0 Å². The zero-order chi connectivity index (χ0) is 23.4. The van der Waals surface area contributed by atoms with Crippen LogP contribution in [0.25, 0.3) is 5.70 Å². The highest BCUT2D eigenvalue weighted by molar-refractivity contribution is 6.05. The number of ether oxygens (including phenoxy) is 1. The predicted molar refractivity (Wildman–Crippen MR) is 122 cm³/mol. The van der Waals surface area contributed by atoms with Crippen LogP contribution in [0.2, 0.25) is 0 Å². The van der Waals surface area contributed by atoms with Crippen molar-refractivity contribution in [2.24, 2.45) is 0 Å². The van der Waals surface area contributed by atoms with Gasteiger partial charge in [0.2, 0.25) is 0 Å². The molecule has 8 heteroatoms. The SMILES string of the molecule is CCOC(=O)C1=C(c2ccccc2)N(C)C(=O)NC1c1ccc(NC(=O)c2ccco2)cc1. The molecule has 3 amide bonds. The van der Waals surface area contributed by atoms with Gasteiger partial charge in [0, 0.05) is 12.7 Å². The zero-order valence-corrected chi connectivity index (χ0v) is 18.2. The van der Waals surface area contributed by atoms with Crippen LogP contribution in [-0.2, 0) is 9.53 Å². The summed E-state index contributed by atoms with van der Waals surface area (Å²) in [4.78, 5) is 39.5. The standard InChI is InChI=1S/C25H23N3O5/c1-3-32-24(30)20-21(27-25(31)28(2)22(20)17-8-5-4-6-9-17)16-11-13-18(14-12-16)26-23(29)19-10-7-15-33-19/h4-15,21H,3H2,1-2H3,(H,26,29)(H,27,31). The Hall–Kier alpha value is -4.33. The van der Waals surface area contributed by atoms with Gasteiger partial charge in [-0.05, 0) is 42.3 Å². The number of hydrogen-bond acceptors (Lipinski definition) is 5. The molecule has 2 N–H and O–H groups in total. The highest BCUT2D eigenvalue weighted by Crippen LogP contribution is 2.36. The van der Waals surface area contributed by atoms with Gasteiger partial charge in [0.25, 0.3) is 5.91 Å². The number of anilines is 1. The quantitative estimate of drug-likeness (QED) is 0.554. The van der Waals surface area contributed by atoms with E-state index in [4.69, 9.17) is 9.15 Å². The molecule has 1 atom stereocenters. The second kappa shape index (κ2) is 9.44. The molecule has 1 aromatic heterocycles. The molecular weight excluding hydrogens is 422 g/mol. The number of hydrogen-bond donors (Lipinski definition) is 2. The Morgan fingerprint density at radius 1 is 1.06 bits per heavy atom. The number of rotatable bonds is 6. The number of nitrogens with zero attached hydrogens (tertiary/aromatic N) is 1. The summed E-state index contributed by atoms with van der Waals surface area (Å²) in [6.45, 7) is 1.93. The first-order valence-corrected chi connectivity index (χ1v) is 10.4. The molecule has 4 rings (SSSR count). The number of urea groups is 1. The van der Waals surface area contributed by atoms with E-state index in [1.165, 1.54) is 11.2 Å². The minimum atomic E-state index is -0.724. The fourth-order valence-electron chi connectivity index (χ4n) is 3.69. The molecule has 0 fully saturated rings. The van der Waals surface area contributed by atoms with E-state index in [0.717, 1.165) is 5.56 Å². The molecular formula is C25H23N3O5. The van der Waals surface area contributed by atoms with Crippen LogP contribution < -0.4 is 10.6 Å². The Labute approximate surface area is 190 Å². The van der Waals surface area contributed by atoms with E-state index in [1.807, 2.05) is 30.3 Å². The van der Waals surface area contributed by atoms with Gasteiger partial charge in [0.05, 0.1) is 30.2 Å². The van der Waals surface area contributed by atoms with Crippen LogP contribution in [-0.4, -0.2) is 36.5 Å². The summed E-state index contributed by atoms with van der Waals surface area (Å²) in [5, 5.41) is 5.63. The van der Waals surface area contributed by atoms with Crippen LogP contribution in [0.15, 0.2) is 83.0 Å². The average molecular weight is 445 g/mol. The smallest absolute Gasteiger partial charge is 0.338 e. The second-order valence-corrected chi connectivity index (χ2v) is 7.34. The first kappa shape index (κ1) is 21.9. The van der Waals surface area contributed by atoms with E-state index in [9.17, 15) is 14.4 Å². The first-order chi connectivity index (χ1) is 16.0. The molecule has 1 aliphatic rings. The number of esters is 1. The van der Waals surface area contributed by atoms with Crippen molar-refractivity contribution < 1.29 is 23.5 Å². The van der Waals surface area contributed by atoms with Gasteiger partial charge in [-0.25, -0.2) is 9.59 Å². The molecule has 2 aromatic carbocycles. The molecule has 33 heavy (non-hydrogen) atoms. The van der Waals surface area contributed by atoms with Gasteiger partial charge in [-0.3, -0.25) is 9.69 Å². The van der Waals surface area contributed by atoms with Gasteiger partial charge in [-0.1, -0.05) is 42.5 Å². The number of carbonyl (C=O) groups is 3. The molecule has 0 radical (unpaired) electrons. The minimum absolute atomic E-state index is 0.196. The van der Waals surface area contributed by atoms with E-state index < -0.39 is 12.0 Å². The fraction of sp³-hybridized carbons (Fsp3) is 0.160. The Kier molecular flexibility index (Phi) is 6.26. The number of carbonyl (C=O) groups excluding carboxylic acids is 3. The lowest BCUT2D eigenvalue weighted by Gasteiger charge is -2.34. The van der Waals surface area contributed by atoms with Crippen molar-refractivity contribution in [1.29, 1.82) is 0 Å². The van der Waals surface area contributed by atoms with E-state index in [0.29, 0.717) is 22.5 Å². The summed E-state index contributed by atoms with van der Waals surface area (Å²) in [6.07, 6.45) is 1.42. The van der Waals surface area contributed by atoms with Gasteiger partial charge in [-0.2, -0.15) is 0 Å². The first-order valence-electron chi connectivity index (χ1n) is 10.4. The van der Waals surface area contributed by atoms with Crippen molar-refractivity contribution >= 4 is 29.3 Å². The number of amides is 3.